The quantitative estimate of drug-likeness (QED) is 0.729. The second kappa shape index (κ2) is 5.38. The zero-order valence-corrected chi connectivity index (χ0v) is 12.2. The van der Waals surface area contributed by atoms with E-state index in [9.17, 15) is 8.78 Å². The van der Waals surface area contributed by atoms with E-state index >= 15 is 0 Å². The Labute approximate surface area is 129 Å². The molecule has 0 saturated heterocycles. The van der Waals surface area contributed by atoms with E-state index in [1.807, 2.05) is 0 Å². The highest BCUT2D eigenvalue weighted by Gasteiger charge is 2.17. The van der Waals surface area contributed by atoms with Crippen LogP contribution in [0.25, 0.3) is 22.0 Å². The first-order valence-electron chi connectivity index (χ1n) is 6.25. The van der Waals surface area contributed by atoms with Gasteiger partial charge in [0.1, 0.15) is 28.7 Å². The SMILES string of the molecule is COc1cc(-c2ccc(F)c(Cl)c2F)c2ncnc(N)c2c1. The minimum Gasteiger partial charge on any atom is -0.497 e. The average Bonchev–Trinajstić information content (AvgIpc) is 2.53. The lowest BCUT2D eigenvalue weighted by atomic mass is 10.0. The zero-order valence-electron chi connectivity index (χ0n) is 11.4. The maximum atomic E-state index is 14.3. The van der Waals surface area contributed by atoms with Crippen LogP contribution in [-0.4, -0.2) is 17.1 Å². The lowest BCUT2D eigenvalue weighted by Gasteiger charge is -2.11. The highest BCUT2D eigenvalue weighted by Crippen LogP contribution is 2.37. The molecule has 0 aliphatic carbocycles. The maximum Gasteiger partial charge on any atom is 0.152 e. The van der Waals surface area contributed by atoms with Crippen molar-refractivity contribution < 1.29 is 13.5 Å². The highest BCUT2D eigenvalue weighted by atomic mass is 35.5. The lowest BCUT2D eigenvalue weighted by Crippen LogP contribution is -1.97. The van der Waals surface area contributed by atoms with Gasteiger partial charge in [-0.3, -0.25) is 0 Å². The average molecular weight is 322 g/mol. The molecule has 0 saturated carbocycles. The Morgan fingerprint density at radius 3 is 2.64 bits per heavy atom. The van der Waals surface area contributed by atoms with Crippen molar-refractivity contribution >= 4 is 28.3 Å². The molecule has 1 heterocycles. The smallest absolute Gasteiger partial charge is 0.152 e. The molecule has 0 radical (unpaired) electrons. The fraction of sp³-hybridized carbons (Fsp3) is 0.0667. The third-order valence-corrected chi connectivity index (χ3v) is 3.65. The molecule has 3 aromatic rings. The Hall–Kier alpha value is -2.47. The van der Waals surface area contributed by atoms with Gasteiger partial charge in [0, 0.05) is 16.5 Å². The lowest BCUT2D eigenvalue weighted by molar-refractivity contribution is 0.415. The number of halogens is 3. The second-order valence-electron chi connectivity index (χ2n) is 4.55. The summed E-state index contributed by atoms with van der Waals surface area (Å²) >= 11 is 5.65. The molecular formula is C15H10ClF2N3O. The summed E-state index contributed by atoms with van der Waals surface area (Å²) in [6.45, 7) is 0. The molecule has 0 spiro atoms. The summed E-state index contributed by atoms with van der Waals surface area (Å²) < 4.78 is 32.9. The van der Waals surface area contributed by atoms with Crippen LogP contribution in [0.1, 0.15) is 0 Å². The fourth-order valence-electron chi connectivity index (χ4n) is 2.22. The number of nitrogen functional groups attached to an aromatic ring is 1. The molecule has 0 amide bonds. The molecule has 7 heteroatoms. The molecule has 4 nitrogen and oxygen atoms in total. The van der Waals surface area contributed by atoms with E-state index in [4.69, 9.17) is 22.1 Å². The predicted octanol–water partition coefficient (Wildman–Crippen LogP) is 3.82. The predicted molar refractivity (Wildman–Crippen MR) is 80.9 cm³/mol. The summed E-state index contributed by atoms with van der Waals surface area (Å²) in [5.41, 5.74) is 6.75. The monoisotopic (exact) mass is 321 g/mol. The number of nitrogens with two attached hydrogens (primary N) is 1. The van der Waals surface area contributed by atoms with Gasteiger partial charge in [0.25, 0.3) is 0 Å². The molecule has 3 rings (SSSR count). The fourth-order valence-corrected chi connectivity index (χ4v) is 2.38. The van der Waals surface area contributed by atoms with Crippen molar-refractivity contribution in [3.63, 3.8) is 0 Å². The summed E-state index contributed by atoms with van der Waals surface area (Å²) in [6, 6.07) is 5.62. The summed E-state index contributed by atoms with van der Waals surface area (Å²) in [5.74, 6) is -1.01. The zero-order chi connectivity index (χ0) is 15.9. The van der Waals surface area contributed by atoms with Crippen molar-refractivity contribution in [2.45, 2.75) is 0 Å². The van der Waals surface area contributed by atoms with Crippen molar-refractivity contribution in [3.8, 4) is 16.9 Å². The van der Waals surface area contributed by atoms with Gasteiger partial charge in [-0.1, -0.05) is 11.6 Å². The third-order valence-electron chi connectivity index (χ3n) is 3.30. The molecule has 0 fully saturated rings. The number of ether oxygens (including phenoxy) is 1. The Kier molecular flexibility index (Phi) is 3.54. The van der Waals surface area contributed by atoms with Gasteiger partial charge in [-0.2, -0.15) is 0 Å². The highest BCUT2D eigenvalue weighted by molar-refractivity contribution is 6.31. The normalized spacial score (nSPS) is 10.9. The molecule has 0 atom stereocenters. The molecule has 2 aromatic carbocycles. The van der Waals surface area contributed by atoms with Crippen molar-refractivity contribution in [2.75, 3.05) is 12.8 Å². The van der Waals surface area contributed by atoms with Gasteiger partial charge in [0.2, 0.25) is 0 Å². The van der Waals surface area contributed by atoms with Gasteiger partial charge in [-0.25, -0.2) is 18.7 Å². The van der Waals surface area contributed by atoms with Crippen LogP contribution >= 0.6 is 11.6 Å². The number of hydrogen-bond donors (Lipinski definition) is 1. The van der Waals surface area contributed by atoms with Crippen molar-refractivity contribution in [1.82, 2.24) is 9.97 Å². The molecule has 0 bridgehead atoms. The Bertz CT molecular complexity index is 886. The number of benzene rings is 2. The third kappa shape index (κ3) is 2.21. The molecule has 112 valence electrons. The largest absolute Gasteiger partial charge is 0.497 e. The first kappa shape index (κ1) is 14.5. The minimum absolute atomic E-state index is 0.105. The van der Waals surface area contributed by atoms with E-state index in [1.165, 1.54) is 19.5 Å². The van der Waals surface area contributed by atoms with E-state index in [2.05, 4.69) is 9.97 Å². The topological polar surface area (TPSA) is 61.0 Å². The van der Waals surface area contributed by atoms with Crippen molar-refractivity contribution in [1.29, 1.82) is 0 Å². The van der Waals surface area contributed by atoms with Crippen LogP contribution in [0, 0.1) is 11.6 Å². The molecule has 2 N–H and O–H groups in total. The van der Waals surface area contributed by atoms with Gasteiger partial charge >= 0.3 is 0 Å². The van der Waals surface area contributed by atoms with E-state index in [0.717, 1.165) is 6.07 Å². The van der Waals surface area contributed by atoms with E-state index in [1.54, 1.807) is 12.1 Å². The van der Waals surface area contributed by atoms with Crippen LogP contribution in [0.2, 0.25) is 5.02 Å². The standard InChI is InChI=1S/C15H10ClF2N3O/c1-22-7-4-9(8-2-3-11(17)12(16)13(8)18)14-10(5-7)15(19)21-6-20-14/h2-6H,1H3,(H2,19,20,21). The number of rotatable bonds is 2. The first-order valence-corrected chi connectivity index (χ1v) is 6.62. The Morgan fingerprint density at radius 1 is 1.14 bits per heavy atom. The summed E-state index contributed by atoms with van der Waals surface area (Å²) in [7, 11) is 1.47. The van der Waals surface area contributed by atoms with Crippen LogP contribution in [0.15, 0.2) is 30.6 Å². The van der Waals surface area contributed by atoms with Gasteiger partial charge < -0.3 is 10.5 Å². The minimum atomic E-state index is -0.867. The van der Waals surface area contributed by atoms with Gasteiger partial charge in [0.05, 0.1) is 12.6 Å². The number of hydrogen-bond acceptors (Lipinski definition) is 4. The summed E-state index contributed by atoms with van der Waals surface area (Å²) in [4.78, 5) is 8.04. The first-order chi connectivity index (χ1) is 10.5. The molecule has 0 aliphatic heterocycles. The van der Waals surface area contributed by atoms with Crippen LogP contribution < -0.4 is 10.5 Å². The second-order valence-corrected chi connectivity index (χ2v) is 4.93. The van der Waals surface area contributed by atoms with Crippen LogP contribution in [-0.2, 0) is 0 Å². The summed E-state index contributed by atoms with van der Waals surface area (Å²) in [6.07, 6.45) is 1.27. The Balaban J connectivity index is 2.40. The van der Waals surface area contributed by atoms with Gasteiger partial charge in [0.15, 0.2) is 5.82 Å². The number of nitrogens with zero attached hydrogens (tertiary/aromatic N) is 2. The number of anilines is 1. The Morgan fingerprint density at radius 2 is 1.91 bits per heavy atom. The number of methoxy groups -OCH3 is 1. The number of aromatic nitrogens is 2. The maximum absolute atomic E-state index is 14.3. The van der Waals surface area contributed by atoms with Gasteiger partial charge in [-0.15, -0.1) is 0 Å². The van der Waals surface area contributed by atoms with Crippen LogP contribution in [0.5, 0.6) is 5.75 Å². The molecular weight excluding hydrogens is 312 g/mol. The van der Waals surface area contributed by atoms with E-state index < -0.39 is 16.7 Å². The molecule has 22 heavy (non-hydrogen) atoms. The van der Waals surface area contributed by atoms with Crippen molar-refractivity contribution in [2.24, 2.45) is 0 Å². The van der Waals surface area contributed by atoms with E-state index in [0.29, 0.717) is 22.2 Å². The van der Waals surface area contributed by atoms with Crippen molar-refractivity contribution in [3.05, 3.63) is 47.2 Å². The number of fused-ring (bicyclic) bond motifs is 1. The van der Waals surface area contributed by atoms with E-state index in [-0.39, 0.29) is 11.4 Å². The summed E-state index contributed by atoms with van der Waals surface area (Å²) in [5, 5.41) is -0.0628. The van der Waals surface area contributed by atoms with Crippen LogP contribution in [0.4, 0.5) is 14.6 Å². The van der Waals surface area contributed by atoms with Gasteiger partial charge in [-0.05, 0) is 24.3 Å². The van der Waals surface area contributed by atoms with Crippen LogP contribution in [0.3, 0.4) is 0 Å². The molecule has 1 aromatic heterocycles. The molecule has 0 unspecified atom stereocenters. The molecule has 0 aliphatic rings.